The van der Waals surface area contributed by atoms with Gasteiger partial charge in [0.05, 0.1) is 5.69 Å². The van der Waals surface area contributed by atoms with Gasteiger partial charge in [0.25, 0.3) is 0 Å². The van der Waals surface area contributed by atoms with E-state index in [0.717, 1.165) is 11.3 Å². The third kappa shape index (κ3) is 1.97. The van der Waals surface area contributed by atoms with Crippen LogP contribution in [0, 0.1) is 6.20 Å². The predicted octanol–water partition coefficient (Wildman–Crippen LogP) is 3.54. The minimum Gasteiger partial charge on any atom is -0.277 e. The Balaban J connectivity index is 2.06. The van der Waals surface area contributed by atoms with Gasteiger partial charge in [-0.05, 0) is 23.3 Å². The molecule has 0 aliphatic heterocycles. The second-order valence-corrected chi connectivity index (χ2v) is 3.86. The van der Waals surface area contributed by atoms with Gasteiger partial charge in [0, 0.05) is 5.56 Å². The van der Waals surface area contributed by atoms with E-state index in [1.165, 1.54) is 11.1 Å². The lowest BCUT2D eigenvalue weighted by atomic mass is 10.0. The van der Waals surface area contributed by atoms with Crippen LogP contribution in [0.1, 0.15) is 0 Å². The van der Waals surface area contributed by atoms with Crippen LogP contribution in [0.3, 0.4) is 0 Å². The molecule has 0 atom stereocenters. The number of nitrogens with zero attached hydrogens (tertiary/aromatic N) is 1. The molecule has 3 rings (SSSR count). The van der Waals surface area contributed by atoms with Crippen molar-refractivity contribution in [1.82, 2.24) is 10.2 Å². The summed E-state index contributed by atoms with van der Waals surface area (Å²) in [5, 5.41) is 6.78. The second kappa shape index (κ2) is 4.26. The summed E-state index contributed by atoms with van der Waals surface area (Å²) in [6.45, 7) is 0. The second-order valence-electron chi connectivity index (χ2n) is 3.86. The zero-order valence-corrected chi connectivity index (χ0v) is 9.22. The first-order valence-electron chi connectivity index (χ1n) is 5.51. The van der Waals surface area contributed by atoms with Gasteiger partial charge in [-0.25, -0.2) is 0 Å². The summed E-state index contributed by atoms with van der Waals surface area (Å²) in [5.74, 6) is 0. The average Bonchev–Trinajstić information content (AvgIpc) is 2.94. The number of hydrogen-bond acceptors (Lipinski definition) is 1. The Bertz CT molecular complexity index is 598. The normalized spacial score (nSPS) is 10.4. The molecule has 0 bridgehead atoms. The van der Waals surface area contributed by atoms with Crippen molar-refractivity contribution in [3.63, 3.8) is 0 Å². The van der Waals surface area contributed by atoms with Crippen LogP contribution in [-0.4, -0.2) is 10.2 Å². The van der Waals surface area contributed by atoms with E-state index in [4.69, 9.17) is 0 Å². The van der Waals surface area contributed by atoms with Crippen LogP contribution < -0.4 is 0 Å². The molecule has 0 fully saturated rings. The van der Waals surface area contributed by atoms with Crippen molar-refractivity contribution in [1.29, 1.82) is 0 Å². The molecule has 2 aromatic carbocycles. The Labute approximate surface area is 99.9 Å². The van der Waals surface area contributed by atoms with Crippen molar-refractivity contribution in [3.8, 4) is 22.4 Å². The summed E-state index contributed by atoms with van der Waals surface area (Å²) < 4.78 is 0. The molecule has 0 aliphatic carbocycles. The van der Waals surface area contributed by atoms with Gasteiger partial charge in [0.1, 0.15) is 6.20 Å². The van der Waals surface area contributed by atoms with Crippen LogP contribution in [0.15, 0.2) is 60.7 Å². The van der Waals surface area contributed by atoms with E-state index in [-0.39, 0.29) is 0 Å². The lowest BCUT2D eigenvalue weighted by Crippen LogP contribution is -1.81. The third-order valence-corrected chi connectivity index (χ3v) is 2.73. The molecule has 0 saturated carbocycles. The fraction of sp³-hybridized carbons (Fsp3) is 0. The van der Waals surface area contributed by atoms with Crippen molar-refractivity contribution in [2.24, 2.45) is 0 Å². The molecular weight excluding hydrogens is 208 g/mol. The number of benzene rings is 2. The summed E-state index contributed by atoms with van der Waals surface area (Å²) in [5.41, 5.74) is 4.54. The molecule has 1 heterocycles. The lowest BCUT2D eigenvalue weighted by molar-refractivity contribution is 1.09. The molecule has 17 heavy (non-hydrogen) atoms. The minimum absolute atomic E-state index is 0.989. The fourth-order valence-electron chi connectivity index (χ4n) is 1.87. The van der Waals surface area contributed by atoms with Crippen molar-refractivity contribution in [2.75, 3.05) is 0 Å². The highest BCUT2D eigenvalue weighted by Crippen LogP contribution is 2.24. The molecule has 0 amide bonds. The number of hydrogen-bond donors (Lipinski definition) is 1. The number of aromatic amines is 1. The summed E-state index contributed by atoms with van der Waals surface area (Å²) in [7, 11) is 0. The van der Waals surface area contributed by atoms with Crippen LogP contribution >= 0.6 is 0 Å². The monoisotopic (exact) mass is 219 g/mol. The molecule has 81 valence electrons. The Hall–Kier alpha value is -2.35. The summed E-state index contributed by atoms with van der Waals surface area (Å²) >= 11 is 0. The maximum Gasteiger partial charge on any atom is 0.113 e. The van der Waals surface area contributed by atoms with Crippen molar-refractivity contribution < 1.29 is 0 Å². The van der Waals surface area contributed by atoms with Gasteiger partial charge in [-0.15, -0.1) is 0 Å². The van der Waals surface area contributed by atoms with E-state index in [0.29, 0.717) is 0 Å². The molecule has 1 aromatic heterocycles. The smallest absolute Gasteiger partial charge is 0.113 e. The molecule has 0 aliphatic rings. The zero-order valence-electron chi connectivity index (χ0n) is 9.22. The molecule has 0 unspecified atom stereocenters. The van der Waals surface area contributed by atoms with Crippen LogP contribution in [0.25, 0.3) is 22.4 Å². The van der Waals surface area contributed by atoms with E-state index >= 15 is 0 Å². The minimum atomic E-state index is 0.989. The van der Waals surface area contributed by atoms with Gasteiger partial charge in [-0.2, -0.15) is 5.10 Å². The molecule has 2 heteroatoms. The first kappa shape index (κ1) is 9.85. The van der Waals surface area contributed by atoms with Crippen molar-refractivity contribution >= 4 is 0 Å². The average molecular weight is 219 g/mol. The van der Waals surface area contributed by atoms with Gasteiger partial charge in [-0.3, -0.25) is 5.10 Å². The SMILES string of the molecule is [c]1cc(-c2cccc(-c3ccccc3)c2)[nH]n1. The molecule has 2 nitrogen and oxygen atoms in total. The highest BCUT2D eigenvalue weighted by atomic mass is 15.1. The summed E-state index contributed by atoms with van der Waals surface area (Å²) in [6.07, 6.45) is 2.78. The van der Waals surface area contributed by atoms with Gasteiger partial charge >= 0.3 is 0 Å². The molecule has 1 radical (unpaired) electrons. The van der Waals surface area contributed by atoms with E-state index in [9.17, 15) is 0 Å². The molecular formula is C15H11N2. The molecule has 1 N–H and O–H groups in total. The van der Waals surface area contributed by atoms with E-state index < -0.39 is 0 Å². The number of H-pyrrole nitrogens is 1. The third-order valence-electron chi connectivity index (χ3n) is 2.73. The van der Waals surface area contributed by atoms with Crippen LogP contribution in [0.4, 0.5) is 0 Å². The standard InChI is InChI=1S/C15H11N2/c1-2-5-12(6-3-1)13-7-4-8-14(11-13)15-9-10-16-17-15/h1-9,11H,(H,16,17). The lowest BCUT2D eigenvalue weighted by Gasteiger charge is -2.03. The van der Waals surface area contributed by atoms with Crippen LogP contribution in [0.2, 0.25) is 0 Å². The van der Waals surface area contributed by atoms with Gasteiger partial charge in [0.2, 0.25) is 0 Å². The highest BCUT2D eigenvalue weighted by molar-refractivity contribution is 5.71. The van der Waals surface area contributed by atoms with E-state index in [1.807, 2.05) is 24.3 Å². The molecule has 0 saturated heterocycles. The fourth-order valence-corrected chi connectivity index (χ4v) is 1.87. The maximum atomic E-state index is 3.85. The van der Waals surface area contributed by atoms with Gasteiger partial charge in [0.15, 0.2) is 0 Å². The van der Waals surface area contributed by atoms with Crippen LogP contribution in [-0.2, 0) is 0 Å². The van der Waals surface area contributed by atoms with Crippen molar-refractivity contribution in [2.45, 2.75) is 0 Å². The number of rotatable bonds is 2. The first-order chi connectivity index (χ1) is 8.43. The largest absolute Gasteiger partial charge is 0.277 e. The molecule has 3 aromatic rings. The quantitative estimate of drug-likeness (QED) is 0.701. The Kier molecular flexibility index (Phi) is 2.47. The number of nitrogens with one attached hydrogen (secondary N) is 1. The summed E-state index contributed by atoms with van der Waals surface area (Å²) in [4.78, 5) is 0. The zero-order chi connectivity index (χ0) is 11.5. The Morgan fingerprint density at radius 1 is 0.824 bits per heavy atom. The summed E-state index contributed by atoms with van der Waals surface area (Å²) in [6, 6.07) is 20.6. The van der Waals surface area contributed by atoms with Crippen molar-refractivity contribution in [3.05, 3.63) is 66.9 Å². The van der Waals surface area contributed by atoms with Gasteiger partial charge in [-0.1, -0.05) is 48.5 Å². The Morgan fingerprint density at radius 2 is 1.59 bits per heavy atom. The predicted molar refractivity (Wildman–Crippen MR) is 68.3 cm³/mol. The topological polar surface area (TPSA) is 28.7 Å². The number of aromatic nitrogens is 2. The highest BCUT2D eigenvalue weighted by Gasteiger charge is 2.01. The van der Waals surface area contributed by atoms with E-state index in [1.54, 1.807) is 0 Å². The first-order valence-corrected chi connectivity index (χ1v) is 5.51. The molecule has 0 spiro atoms. The van der Waals surface area contributed by atoms with Gasteiger partial charge < -0.3 is 0 Å². The maximum absolute atomic E-state index is 3.85. The van der Waals surface area contributed by atoms with Crippen LogP contribution in [0.5, 0.6) is 0 Å². The van der Waals surface area contributed by atoms with E-state index in [2.05, 4.69) is 52.8 Å². The Morgan fingerprint density at radius 3 is 2.35 bits per heavy atom.